The van der Waals surface area contributed by atoms with Crippen LogP contribution in [0.4, 0.5) is 11.5 Å². The molecule has 1 aliphatic heterocycles. The Morgan fingerprint density at radius 1 is 1.38 bits per heavy atom. The molecule has 1 atom stereocenters. The first-order valence-corrected chi connectivity index (χ1v) is 10.4. The third-order valence-corrected chi connectivity index (χ3v) is 6.43. The molecule has 9 nitrogen and oxygen atoms in total. The number of amides is 2. The first-order valence-electron chi connectivity index (χ1n) is 8.58. The van der Waals surface area contributed by atoms with Gasteiger partial charge in [-0.1, -0.05) is 11.6 Å². The molecule has 2 amide bonds. The Bertz CT molecular complexity index is 1070. The Morgan fingerprint density at radius 3 is 2.76 bits per heavy atom. The number of carbonyl (C=O) groups excluding carboxylic acids is 2. The average molecular weight is 439 g/mol. The molecule has 2 N–H and O–H groups in total. The number of halogens is 1. The van der Waals surface area contributed by atoms with E-state index >= 15 is 0 Å². The number of nitrogens with one attached hydrogen (secondary N) is 2. The van der Waals surface area contributed by atoms with E-state index in [1.165, 1.54) is 31.4 Å². The number of hydrogen-bond donors (Lipinski definition) is 2. The minimum absolute atomic E-state index is 0.0143. The van der Waals surface area contributed by atoms with Crippen LogP contribution in [0.1, 0.15) is 12.5 Å². The van der Waals surface area contributed by atoms with Gasteiger partial charge >= 0.3 is 0 Å². The molecule has 2 heterocycles. The lowest BCUT2D eigenvalue weighted by Gasteiger charge is -2.25. The van der Waals surface area contributed by atoms with Gasteiger partial charge in [0.25, 0.3) is 5.91 Å². The van der Waals surface area contributed by atoms with Crippen LogP contribution in [0.2, 0.25) is 5.02 Å². The highest BCUT2D eigenvalue weighted by atomic mass is 35.5. The molecule has 0 fully saturated rings. The third-order valence-electron chi connectivity index (χ3n) is 4.26. The van der Waals surface area contributed by atoms with Crippen molar-refractivity contribution in [2.45, 2.75) is 24.8 Å². The summed E-state index contributed by atoms with van der Waals surface area (Å²) in [5.41, 5.74) is 0.813. The maximum Gasteiger partial charge on any atom is 0.265 e. The van der Waals surface area contributed by atoms with E-state index in [1.54, 1.807) is 19.9 Å². The summed E-state index contributed by atoms with van der Waals surface area (Å²) in [6.07, 6.45) is 0.629. The molecule has 1 aliphatic rings. The van der Waals surface area contributed by atoms with Gasteiger partial charge in [0.2, 0.25) is 15.9 Å². The highest BCUT2D eigenvalue weighted by Crippen LogP contribution is 2.35. The summed E-state index contributed by atoms with van der Waals surface area (Å²) in [4.78, 5) is 27.9. The molecular formula is C18H19ClN4O5S. The van der Waals surface area contributed by atoms with Gasteiger partial charge in [0.05, 0.1) is 22.2 Å². The minimum Gasteiger partial charge on any atom is -0.479 e. The highest BCUT2D eigenvalue weighted by molar-refractivity contribution is 7.89. The highest BCUT2D eigenvalue weighted by Gasteiger charge is 2.30. The van der Waals surface area contributed by atoms with Gasteiger partial charge < -0.3 is 15.4 Å². The molecule has 0 aliphatic carbocycles. The molecule has 11 heteroatoms. The van der Waals surface area contributed by atoms with Gasteiger partial charge in [-0.3, -0.25) is 9.59 Å². The van der Waals surface area contributed by atoms with E-state index in [0.717, 1.165) is 4.31 Å². The first-order chi connectivity index (χ1) is 13.6. The minimum atomic E-state index is -3.99. The van der Waals surface area contributed by atoms with Crippen LogP contribution in [-0.4, -0.2) is 49.2 Å². The molecule has 0 saturated heterocycles. The lowest BCUT2D eigenvalue weighted by molar-refractivity contribution is -0.122. The number of ether oxygens (including phenoxy) is 1. The van der Waals surface area contributed by atoms with Crippen molar-refractivity contribution in [3.8, 4) is 5.75 Å². The second-order valence-corrected chi connectivity index (χ2v) is 8.98. The molecule has 0 radical (unpaired) electrons. The fourth-order valence-electron chi connectivity index (χ4n) is 2.71. The molecule has 0 spiro atoms. The zero-order chi connectivity index (χ0) is 21.3. The Kier molecular flexibility index (Phi) is 5.78. The average Bonchev–Trinajstić information content (AvgIpc) is 2.64. The number of fused-ring (bicyclic) bond motifs is 1. The number of hydrogen-bond acceptors (Lipinski definition) is 6. The number of sulfonamides is 1. The van der Waals surface area contributed by atoms with Gasteiger partial charge in [-0.15, -0.1) is 0 Å². The number of anilines is 2. The van der Waals surface area contributed by atoms with Crippen molar-refractivity contribution in [2.24, 2.45) is 0 Å². The number of aromatic nitrogens is 1. The number of pyridine rings is 1. The molecule has 1 aromatic heterocycles. The standard InChI is InChI=1S/C18H19ClN4O5S/c1-10-6-13-14(28-11(2)18(25)21-13)7-15(10)29(26,27)23(3)9-17(24)22-16-5-4-12(19)8-20-16/h4-8,11H,9H2,1-3H3,(H,21,25)(H,20,22,24)/t11-/m1/s1. The van der Waals surface area contributed by atoms with E-state index in [-0.39, 0.29) is 22.4 Å². The molecule has 1 aromatic carbocycles. The molecule has 2 aromatic rings. The van der Waals surface area contributed by atoms with Crippen LogP contribution < -0.4 is 15.4 Å². The Morgan fingerprint density at radius 2 is 2.10 bits per heavy atom. The Labute approximate surface area is 173 Å². The normalized spacial score (nSPS) is 16.0. The summed E-state index contributed by atoms with van der Waals surface area (Å²) in [5.74, 6) is -0.353. The largest absolute Gasteiger partial charge is 0.479 e. The van der Waals surface area contributed by atoms with Crippen LogP contribution in [-0.2, 0) is 19.6 Å². The van der Waals surface area contributed by atoms with Crippen LogP contribution >= 0.6 is 11.6 Å². The van der Waals surface area contributed by atoms with Gasteiger partial charge in [0, 0.05) is 19.3 Å². The predicted molar refractivity (Wildman–Crippen MR) is 108 cm³/mol. The fourth-order valence-corrected chi connectivity index (χ4v) is 4.16. The quantitative estimate of drug-likeness (QED) is 0.737. The molecule has 3 rings (SSSR count). The van der Waals surface area contributed by atoms with Crippen molar-refractivity contribution in [3.05, 3.63) is 41.0 Å². The van der Waals surface area contributed by atoms with Gasteiger partial charge in [0.1, 0.15) is 11.6 Å². The van der Waals surface area contributed by atoms with E-state index in [0.29, 0.717) is 16.3 Å². The van der Waals surface area contributed by atoms with Gasteiger partial charge in [0.15, 0.2) is 6.10 Å². The van der Waals surface area contributed by atoms with Gasteiger partial charge in [-0.05, 0) is 37.6 Å². The van der Waals surface area contributed by atoms with Crippen molar-refractivity contribution in [1.82, 2.24) is 9.29 Å². The number of aryl methyl sites for hydroxylation is 1. The molecular weight excluding hydrogens is 420 g/mol. The van der Waals surface area contributed by atoms with Crippen LogP contribution in [0.3, 0.4) is 0 Å². The van der Waals surface area contributed by atoms with Crippen LogP contribution in [0.15, 0.2) is 35.4 Å². The lowest BCUT2D eigenvalue weighted by Crippen LogP contribution is -2.36. The smallest absolute Gasteiger partial charge is 0.265 e. The first kappa shape index (κ1) is 21.0. The number of likely N-dealkylation sites (N-methyl/N-ethyl adjacent to an activating group) is 1. The topological polar surface area (TPSA) is 118 Å². The number of carbonyl (C=O) groups is 2. The molecule has 0 saturated carbocycles. The number of nitrogens with zero attached hydrogens (tertiary/aromatic N) is 2. The zero-order valence-corrected chi connectivity index (χ0v) is 17.5. The van der Waals surface area contributed by atoms with Crippen LogP contribution in [0.25, 0.3) is 0 Å². The van der Waals surface area contributed by atoms with Crippen molar-refractivity contribution in [2.75, 3.05) is 24.2 Å². The summed E-state index contributed by atoms with van der Waals surface area (Å²) in [6, 6.07) is 5.94. The van der Waals surface area contributed by atoms with E-state index in [1.807, 2.05) is 0 Å². The fraction of sp³-hybridized carbons (Fsp3) is 0.278. The molecule has 0 bridgehead atoms. The van der Waals surface area contributed by atoms with E-state index in [4.69, 9.17) is 16.3 Å². The zero-order valence-electron chi connectivity index (χ0n) is 15.9. The molecule has 29 heavy (non-hydrogen) atoms. The van der Waals surface area contributed by atoms with Crippen molar-refractivity contribution < 1.29 is 22.7 Å². The van der Waals surface area contributed by atoms with Gasteiger partial charge in [-0.2, -0.15) is 4.31 Å². The number of benzene rings is 1. The summed E-state index contributed by atoms with van der Waals surface area (Å²) in [6.45, 7) is 2.74. The number of rotatable bonds is 5. The maximum atomic E-state index is 13.0. The monoisotopic (exact) mass is 438 g/mol. The second-order valence-electron chi connectivity index (χ2n) is 6.53. The summed E-state index contributed by atoms with van der Waals surface area (Å²) in [5, 5.41) is 5.60. The molecule has 154 valence electrons. The maximum absolute atomic E-state index is 13.0. The Balaban J connectivity index is 1.79. The van der Waals surface area contributed by atoms with Gasteiger partial charge in [-0.25, -0.2) is 13.4 Å². The predicted octanol–water partition coefficient (Wildman–Crippen LogP) is 2.02. The third kappa shape index (κ3) is 4.50. The summed E-state index contributed by atoms with van der Waals surface area (Å²) < 4.78 is 32.4. The SMILES string of the molecule is Cc1cc2c(cc1S(=O)(=O)N(C)CC(=O)Nc1ccc(Cl)cn1)O[C@H](C)C(=O)N2. The summed E-state index contributed by atoms with van der Waals surface area (Å²) >= 11 is 5.75. The van der Waals surface area contributed by atoms with E-state index < -0.39 is 28.6 Å². The van der Waals surface area contributed by atoms with Crippen LogP contribution in [0.5, 0.6) is 5.75 Å². The van der Waals surface area contributed by atoms with E-state index in [2.05, 4.69) is 15.6 Å². The van der Waals surface area contributed by atoms with Crippen molar-refractivity contribution >= 4 is 44.9 Å². The van der Waals surface area contributed by atoms with E-state index in [9.17, 15) is 18.0 Å². The van der Waals surface area contributed by atoms with Crippen molar-refractivity contribution in [3.63, 3.8) is 0 Å². The summed E-state index contributed by atoms with van der Waals surface area (Å²) in [7, 11) is -2.69. The van der Waals surface area contributed by atoms with Crippen molar-refractivity contribution in [1.29, 1.82) is 0 Å². The second kappa shape index (κ2) is 7.97. The molecule has 0 unspecified atom stereocenters. The van der Waals surface area contributed by atoms with Crippen LogP contribution in [0, 0.1) is 6.92 Å². The lowest BCUT2D eigenvalue weighted by atomic mass is 10.1. The Hall–Kier alpha value is -2.69.